The van der Waals surface area contributed by atoms with Crippen LogP contribution in [0.4, 0.5) is 4.39 Å². The van der Waals surface area contributed by atoms with Crippen LogP contribution in [0, 0.1) is 11.7 Å². The fourth-order valence-corrected chi connectivity index (χ4v) is 6.03. The summed E-state index contributed by atoms with van der Waals surface area (Å²) in [6, 6.07) is 15.2. The molecule has 7 rings (SSSR count). The predicted octanol–water partition coefficient (Wildman–Crippen LogP) is 3.86. The molecule has 0 bridgehead atoms. The maximum Gasteiger partial charge on any atom is 0.256 e. The molecule has 1 atom stereocenters. The molecule has 1 spiro atoms. The van der Waals surface area contributed by atoms with Crippen molar-refractivity contribution in [1.82, 2.24) is 19.6 Å². The maximum absolute atomic E-state index is 15.6. The van der Waals surface area contributed by atoms with Gasteiger partial charge in [0.15, 0.2) is 0 Å². The second-order valence-corrected chi connectivity index (χ2v) is 11.6. The van der Waals surface area contributed by atoms with Crippen LogP contribution in [0.5, 0.6) is 0 Å². The number of likely N-dealkylation sites (tertiary alicyclic amines) is 1. The highest BCUT2D eigenvalue weighted by Crippen LogP contribution is 2.46. The number of rotatable bonds is 7. The predicted molar refractivity (Wildman–Crippen MR) is 143 cm³/mol. The van der Waals surface area contributed by atoms with Gasteiger partial charge in [-0.25, -0.2) is 4.39 Å². The normalized spacial score (nSPS) is 23.3. The summed E-state index contributed by atoms with van der Waals surface area (Å²) in [5.74, 6) is 0.417. The number of hydrogen-bond donors (Lipinski definition) is 1. The van der Waals surface area contributed by atoms with Gasteiger partial charge in [0.2, 0.25) is 0 Å². The van der Waals surface area contributed by atoms with Crippen LogP contribution in [0.1, 0.15) is 37.7 Å². The standard InChI is InChI=1S/C30H32FN5O2/c1-34-26(8-14-32-34)22-4-2-21(3-5-22)23-6-7-24(25(31)16-23)27-33-30(12-13-30)28(37)36(27)18-20-9-15-35(17-20)19-29(38)10-11-29/h2-8,14,16,20,38H,9-13,15,17-19H2,1H3/t20-/m1/s1. The van der Waals surface area contributed by atoms with Crippen molar-refractivity contribution in [2.45, 2.75) is 43.2 Å². The van der Waals surface area contributed by atoms with E-state index in [1.165, 1.54) is 0 Å². The molecule has 8 heteroatoms. The SMILES string of the molecule is Cn1nccc1-c1ccc(-c2ccc(C3=NC4(CC4)C(=O)N3C[C@@H]3CCN(CC4(O)CC4)C3)c(F)c2)cc1. The highest BCUT2D eigenvalue weighted by molar-refractivity contribution is 6.16. The van der Waals surface area contributed by atoms with Crippen LogP contribution < -0.4 is 0 Å². The third kappa shape index (κ3) is 4.16. The van der Waals surface area contributed by atoms with E-state index in [9.17, 15) is 9.90 Å². The number of aliphatic imine (C=N–C) groups is 1. The number of β-amino-alcohol motifs (C(OH)–C–C–N with tert-alkyl or cyclic N) is 1. The molecule has 2 saturated carbocycles. The topological polar surface area (TPSA) is 74.0 Å². The zero-order valence-electron chi connectivity index (χ0n) is 21.6. The first kappa shape index (κ1) is 23.7. The average molecular weight is 514 g/mol. The van der Waals surface area contributed by atoms with Gasteiger partial charge in [-0.1, -0.05) is 30.3 Å². The monoisotopic (exact) mass is 513 g/mol. The third-order valence-corrected chi connectivity index (χ3v) is 8.64. The highest BCUT2D eigenvalue weighted by Gasteiger charge is 2.58. The highest BCUT2D eigenvalue weighted by atomic mass is 19.1. The van der Waals surface area contributed by atoms with Gasteiger partial charge in [0.25, 0.3) is 5.91 Å². The number of aromatic nitrogens is 2. The first-order valence-electron chi connectivity index (χ1n) is 13.6. The number of carbonyl (C=O) groups excluding carboxylic acids is 1. The van der Waals surface area contributed by atoms with E-state index in [4.69, 9.17) is 4.99 Å². The number of aliphatic hydroxyl groups is 1. The molecule has 2 aliphatic carbocycles. The molecule has 1 aromatic heterocycles. The van der Waals surface area contributed by atoms with E-state index in [0.29, 0.717) is 30.4 Å². The van der Waals surface area contributed by atoms with Gasteiger partial charge in [-0.3, -0.25) is 19.4 Å². The maximum atomic E-state index is 15.6. The largest absolute Gasteiger partial charge is 0.389 e. The first-order valence-corrected chi connectivity index (χ1v) is 13.6. The third-order valence-electron chi connectivity index (χ3n) is 8.64. The van der Waals surface area contributed by atoms with Crippen LogP contribution in [0.3, 0.4) is 0 Å². The lowest BCUT2D eigenvalue weighted by molar-refractivity contribution is -0.128. The number of nitrogens with zero attached hydrogens (tertiary/aromatic N) is 5. The van der Waals surface area contributed by atoms with Gasteiger partial charge < -0.3 is 10.0 Å². The molecule has 0 unspecified atom stereocenters. The van der Waals surface area contributed by atoms with E-state index in [-0.39, 0.29) is 11.7 Å². The van der Waals surface area contributed by atoms with Gasteiger partial charge in [0, 0.05) is 32.9 Å². The van der Waals surface area contributed by atoms with Crippen LogP contribution in [0.2, 0.25) is 0 Å². The number of amidine groups is 1. The molecule has 1 amide bonds. The van der Waals surface area contributed by atoms with Crippen molar-refractivity contribution >= 4 is 11.7 Å². The van der Waals surface area contributed by atoms with E-state index < -0.39 is 11.1 Å². The molecule has 2 aromatic carbocycles. The van der Waals surface area contributed by atoms with Gasteiger partial charge in [0.1, 0.15) is 17.2 Å². The lowest BCUT2D eigenvalue weighted by Crippen LogP contribution is -2.41. The van der Waals surface area contributed by atoms with Gasteiger partial charge in [0.05, 0.1) is 16.9 Å². The molecule has 0 radical (unpaired) electrons. The van der Waals surface area contributed by atoms with Crippen molar-refractivity contribution in [3.63, 3.8) is 0 Å². The summed E-state index contributed by atoms with van der Waals surface area (Å²) in [6.07, 6.45) is 5.96. The molecule has 2 aliphatic heterocycles. The second-order valence-electron chi connectivity index (χ2n) is 11.6. The van der Waals surface area contributed by atoms with Crippen molar-refractivity contribution in [3.8, 4) is 22.4 Å². The summed E-state index contributed by atoms with van der Waals surface area (Å²) < 4.78 is 17.4. The Morgan fingerprint density at radius 1 is 1.03 bits per heavy atom. The fraction of sp³-hybridized carbons (Fsp3) is 0.433. The lowest BCUT2D eigenvalue weighted by atomic mass is 10.0. The number of carbonyl (C=O) groups is 1. The molecule has 4 aliphatic rings. The first-order chi connectivity index (χ1) is 18.3. The molecular formula is C30H32FN5O2. The van der Waals surface area contributed by atoms with Crippen molar-refractivity contribution < 1.29 is 14.3 Å². The lowest BCUT2D eigenvalue weighted by Gasteiger charge is -2.24. The molecule has 3 aromatic rings. The minimum absolute atomic E-state index is 0.0148. The fourth-order valence-electron chi connectivity index (χ4n) is 6.03. The number of aryl methyl sites for hydroxylation is 1. The summed E-state index contributed by atoms with van der Waals surface area (Å²) in [6.45, 7) is 3.03. The molecular weight excluding hydrogens is 481 g/mol. The zero-order valence-corrected chi connectivity index (χ0v) is 21.6. The van der Waals surface area contributed by atoms with Crippen LogP contribution in [-0.4, -0.2) is 73.7 Å². The van der Waals surface area contributed by atoms with E-state index in [1.807, 2.05) is 48.1 Å². The van der Waals surface area contributed by atoms with E-state index >= 15 is 4.39 Å². The van der Waals surface area contributed by atoms with Crippen LogP contribution in [-0.2, 0) is 11.8 Å². The minimum atomic E-state index is -0.677. The number of halogens is 1. The van der Waals surface area contributed by atoms with E-state index in [0.717, 1.165) is 67.6 Å². The zero-order chi connectivity index (χ0) is 26.1. The molecule has 3 fully saturated rings. The molecule has 1 N–H and O–H groups in total. The Labute approximate surface area is 221 Å². The molecule has 1 saturated heterocycles. The quantitative estimate of drug-likeness (QED) is 0.521. The van der Waals surface area contributed by atoms with Crippen LogP contribution >= 0.6 is 0 Å². The summed E-state index contributed by atoms with van der Waals surface area (Å²) in [5, 5.41) is 14.5. The number of benzene rings is 2. The van der Waals surface area contributed by atoms with Crippen molar-refractivity contribution in [2.75, 3.05) is 26.2 Å². The molecule has 3 heterocycles. The van der Waals surface area contributed by atoms with Crippen molar-refractivity contribution in [3.05, 3.63) is 66.1 Å². The Kier molecular flexibility index (Phi) is 5.36. The Morgan fingerprint density at radius 3 is 2.42 bits per heavy atom. The summed E-state index contributed by atoms with van der Waals surface area (Å²) in [4.78, 5) is 22.2. The van der Waals surface area contributed by atoms with E-state index in [1.54, 1.807) is 23.2 Å². The van der Waals surface area contributed by atoms with Crippen molar-refractivity contribution in [1.29, 1.82) is 0 Å². The van der Waals surface area contributed by atoms with Gasteiger partial charge in [-0.2, -0.15) is 5.10 Å². The van der Waals surface area contributed by atoms with Crippen LogP contribution in [0.15, 0.2) is 59.7 Å². The molecule has 38 heavy (non-hydrogen) atoms. The summed E-state index contributed by atoms with van der Waals surface area (Å²) in [5.41, 5.74) is 2.97. The van der Waals surface area contributed by atoms with E-state index in [2.05, 4.69) is 10.00 Å². The molecule has 7 nitrogen and oxygen atoms in total. The summed E-state index contributed by atoms with van der Waals surface area (Å²) in [7, 11) is 1.91. The smallest absolute Gasteiger partial charge is 0.256 e. The summed E-state index contributed by atoms with van der Waals surface area (Å²) >= 11 is 0. The minimum Gasteiger partial charge on any atom is -0.389 e. The van der Waals surface area contributed by atoms with Crippen molar-refractivity contribution in [2.24, 2.45) is 18.0 Å². The molecule has 196 valence electrons. The second kappa shape index (κ2) is 8.58. The van der Waals surface area contributed by atoms with Gasteiger partial charge >= 0.3 is 0 Å². The Morgan fingerprint density at radius 2 is 1.76 bits per heavy atom. The van der Waals surface area contributed by atoms with Crippen LogP contribution in [0.25, 0.3) is 22.4 Å². The number of amides is 1. The average Bonchev–Trinajstić information content (AvgIpc) is 3.71. The Hall–Kier alpha value is -3.36. The number of hydrogen-bond acceptors (Lipinski definition) is 5. The Balaban J connectivity index is 1.11. The Bertz CT molecular complexity index is 1440. The van der Waals surface area contributed by atoms with Gasteiger partial charge in [-0.15, -0.1) is 0 Å². The van der Waals surface area contributed by atoms with Gasteiger partial charge in [-0.05, 0) is 79.5 Å².